The van der Waals surface area contributed by atoms with Gasteiger partial charge in [-0.1, -0.05) is 12.1 Å². The Bertz CT molecular complexity index is 585. The summed E-state index contributed by atoms with van der Waals surface area (Å²) in [4.78, 5) is 0. The molecule has 0 amide bonds. The highest BCUT2D eigenvalue weighted by Crippen LogP contribution is 2.29. The molecule has 1 saturated heterocycles. The number of nitrogens with zero attached hydrogens (tertiary/aromatic N) is 2. The van der Waals surface area contributed by atoms with Gasteiger partial charge in [0.05, 0.1) is 13.3 Å². The number of aromatic nitrogens is 2. The summed E-state index contributed by atoms with van der Waals surface area (Å²) in [6.07, 6.45) is 4.49. The first-order chi connectivity index (χ1) is 9.81. The average molecular weight is 271 g/mol. The Labute approximate surface area is 119 Å². The summed E-state index contributed by atoms with van der Waals surface area (Å²) in [5.74, 6) is 1.43. The second-order valence-electron chi connectivity index (χ2n) is 5.31. The van der Waals surface area contributed by atoms with Gasteiger partial charge in [-0.2, -0.15) is 5.10 Å². The zero-order chi connectivity index (χ0) is 13.9. The van der Waals surface area contributed by atoms with Crippen molar-refractivity contribution in [3.8, 4) is 11.4 Å². The number of para-hydroxylation sites is 2. The first-order valence-corrected chi connectivity index (χ1v) is 7.20. The molecule has 1 N–H and O–H groups in total. The number of hydrogen-bond donors (Lipinski definition) is 1. The second-order valence-corrected chi connectivity index (χ2v) is 5.31. The molecule has 0 bridgehead atoms. The summed E-state index contributed by atoms with van der Waals surface area (Å²) in [7, 11) is 1.70. The lowest BCUT2D eigenvalue weighted by Crippen LogP contribution is -2.28. The lowest BCUT2D eigenvalue weighted by atomic mass is 9.92. The third-order valence-electron chi connectivity index (χ3n) is 4.10. The SMILES string of the molecule is COc1ccccc1-n1ncc(C2CCCNC2)c1C. The minimum Gasteiger partial charge on any atom is -0.494 e. The molecule has 4 heteroatoms. The van der Waals surface area contributed by atoms with Gasteiger partial charge in [0.25, 0.3) is 0 Å². The lowest BCUT2D eigenvalue weighted by Gasteiger charge is -2.22. The Morgan fingerprint density at radius 3 is 2.95 bits per heavy atom. The van der Waals surface area contributed by atoms with Crippen LogP contribution in [0.25, 0.3) is 5.69 Å². The number of hydrogen-bond acceptors (Lipinski definition) is 3. The van der Waals surface area contributed by atoms with Crippen LogP contribution >= 0.6 is 0 Å². The van der Waals surface area contributed by atoms with Crippen molar-refractivity contribution < 1.29 is 4.74 Å². The molecule has 1 fully saturated rings. The number of ether oxygens (including phenoxy) is 1. The highest BCUT2D eigenvalue weighted by Gasteiger charge is 2.21. The largest absolute Gasteiger partial charge is 0.494 e. The van der Waals surface area contributed by atoms with Crippen LogP contribution in [0.4, 0.5) is 0 Å². The van der Waals surface area contributed by atoms with Gasteiger partial charge in [-0.05, 0) is 49.9 Å². The van der Waals surface area contributed by atoms with Crippen molar-refractivity contribution in [1.82, 2.24) is 15.1 Å². The maximum atomic E-state index is 5.44. The van der Waals surface area contributed by atoms with Gasteiger partial charge in [0, 0.05) is 12.2 Å². The molecule has 3 rings (SSSR count). The fraction of sp³-hybridized carbons (Fsp3) is 0.438. The summed E-state index contributed by atoms with van der Waals surface area (Å²) in [6, 6.07) is 8.01. The third kappa shape index (κ3) is 2.31. The average Bonchev–Trinajstić information content (AvgIpc) is 2.89. The summed E-state index contributed by atoms with van der Waals surface area (Å²) >= 11 is 0. The molecule has 4 nitrogen and oxygen atoms in total. The molecule has 0 aliphatic carbocycles. The molecular formula is C16H21N3O. The predicted molar refractivity (Wildman–Crippen MR) is 79.7 cm³/mol. The van der Waals surface area contributed by atoms with Crippen LogP contribution in [0.15, 0.2) is 30.5 Å². The normalized spacial score (nSPS) is 19.0. The minimum absolute atomic E-state index is 0.576. The number of rotatable bonds is 3. The zero-order valence-electron chi connectivity index (χ0n) is 12.1. The molecule has 1 aromatic heterocycles. The van der Waals surface area contributed by atoms with E-state index in [0.29, 0.717) is 5.92 Å². The molecule has 106 valence electrons. The van der Waals surface area contributed by atoms with Crippen molar-refractivity contribution in [3.05, 3.63) is 41.7 Å². The first-order valence-electron chi connectivity index (χ1n) is 7.20. The van der Waals surface area contributed by atoms with Gasteiger partial charge >= 0.3 is 0 Å². The van der Waals surface area contributed by atoms with Crippen LogP contribution < -0.4 is 10.1 Å². The molecular weight excluding hydrogens is 250 g/mol. The molecule has 1 atom stereocenters. The van der Waals surface area contributed by atoms with Crippen LogP contribution in [-0.4, -0.2) is 30.0 Å². The molecule has 2 heterocycles. The van der Waals surface area contributed by atoms with Crippen molar-refractivity contribution in [3.63, 3.8) is 0 Å². The van der Waals surface area contributed by atoms with E-state index < -0.39 is 0 Å². The maximum absolute atomic E-state index is 5.44. The fourth-order valence-corrected chi connectivity index (χ4v) is 2.99. The molecule has 0 radical (unpaired) electrons. The van der Waals surface area contributed by atoms with Gasteiger partial charge in [0.1, 0.15) is 11.4 Å². The number of benzene rings is 1. The van der Waals surface area contributed by atoms with Gasteiger partial charge in [0.15, 0.2) is 0 Å². The Balaban J connectivity index is 1.97. The summed E-state index contributed by atoms with van der Waals surface area (Å²) in [5.41, 5.74) is 3.56. The number of methoxy groups -OCH3 is 1. The van der Waals surface area contributed by atoms with E-state index in [1.807, 2.05) is 35.1 Å². The maximum Gasteiger partial charge on any atom is 0.144 e. The van der Waals surface area contributed by atoms with Crippen LogP contribution in [-0.2, 0) is 0 Å². The van der Waals surface area contributed by atoms with Crippen molar-refractivity contribution in [2.75, 3.05) is 20.2 Å². The highest BCUT2D eigenvalue weighted by molar-refractivity contribution is 5.47. The van der Waals surface area contributed by atoms with E-state index >= 15 is 0 Å². The molecule has 1 aliphatic rings. The molecule has 1 unspecified atom stereocenters. The van der Waals surface area contributed by atoms with Crippen molar-refractivity contribution in [2.24, 2.45) is 0 Å². The smallest absolute Gasteiger partial charge is 0.144 e. The van der Waals surface area contributed by atoms with Crippen molar-refractivity contribution in [2.45, 2.75) is 25.7 Å². The first kappa shape index (κ1) is 13.2. The minimum atomic E-state index is 0.576. The van der Waals surface area contributed by atoms with E-state index in [0.717, 1.165) is 24.5 Å². The second kappa shape index (κ2) is 5.67. The van der Waals surface area contributed by atoms with Crippen molar-refractivity contribution in [1.29, 1.82) is 0 Å². The molecule has 2 aromatic rings. The van der Waals surface area contributed by atoms with Crippen LogP contribution in [0.5, 0.6) is 5.75 Å². The topological polar surface area (TPSA) is 39.1 Å². The van der Waals surface area contributed by atoms with E-state index in [2.05, 4.69) is 17.3 Å². The van der Waals surface area contributed by atoms with Crippen LogP contribution in [0.1, 0.15) is 30.0 Å². The quantitative estimate of drug-likeness (QED) is 0.933. The molecule has 0 spiro atoms. The monoisotopic (exact) mass is 271 g/mol. The van der Waals surface area contributed by atoms with E-state index in [-0.39, 0.29) is 0 Å². The molecule has 1 aliphatic heterocycles. The molecule has 0 saturated carbocycles. The fourth-order valence-electron chi connectivity index (χ4n) is 2.99. The Morgan fingerprint density at radius 2 is 2.20 bits per heavy atom. The summed E-state index contributed by atoms with van der Waals surface area (Å²) < 4.78 is 7.43. The van der Waals surface area contributed by atoms with Gasteiger partial charge in [-0.25, -0.2) is 4.68 Å². The van der Waals surface area contributed by atoms with Gasteiger partial charge in [-0.15, -0.1) is 0 Å². The van der Waals surface area contributed by atoms with Gasteiger partial charge in [0.2, 0.25) is 0 Å². The van der Waals surface area contributed by atoms with Crippen LogP contribution in [0, 0.1) is 6.92 Å². The van der Waals surface area contributed by atoms with Crippen molar-refractivity contribution >= 4 is 0 Å². The number of piperidine rings is 1. The number of nitrogens with one attached hydrogen (secondary N) is 1. The Morgan fingerprint density at radius 1 is 1.35 bits per heavy atom. The predicted octanol–water partition coefficient (Wildman–Crippen LogP) is 2.66. The molecule has 20 heavy (non-hydrogen) atoms. The van der Waals surface area contributed by atoms with Crippen LogP contribution in [0.3, 0.4) is 0 Å². The lowest BCUT2D eigenvalue weighted by molar-refractivity contribution is 0.411. The zero-order valence-corrected chi connectivity index (χ0v) is 12.1. The van der Waals surface area contributed by atoms with Gasteiger partial charge in [-0.3, -0.25) is 0 Å². The van der Waals surface area contributed by atoms with E-state index in [1.54, 1.807) is 7.11 Å². The Hall–Kier alpha value is -1.81. The summed E-state index contributed by atoms with van der Waals surface area (Å²) in [6.45, 7) is 4.33. The third-order valence-corrected chi connectivity index (χ3v) is 4.10. The molecule has 1 aromatic carbocycles. The highest BCUT2D eigenvalue weighted by atomic mass is 16.5. The Kier molecular flexibility index (Phi) is 3.74. The van der Waals surface area contributed by atoms with Crippen LogP contribution in [0.2, 0.25) is 0 Å². The summed E-state index contributed by atoms with van der Waals surface area (Å²) in [5, 5.41) is 8.05. The van der Waals surface area contributed by atoms with E-state index in [1.165, 1.54) is 24.1 Å². The van der Waals surface area contributed by atoms with Gasteiger partial charge < -0.3 is 10.1 Å². The van der Waals surface area contributed by atoms with E-state index in [9.17, 15) is 0 Å². The van der Waals surface area contributed by atoms with E-state index in [4.69, 9.17) is 4.74 Å². The standard InChI is InChI=1S/C16H21N3O/c1-12-14(13-6-5-9-17-10-13)11-18-19(12)15-7-3-4-8-16(15)20-2/h3-4,7-8,11,13,17H,5-6,9-10H2,1-2H3.